The minimum atomic E-state index is 0.944. The Balaban J connectivity index is 3.36. The number of rotatable bonds is 31. The minimum Gasteiger partial charge on any atom is -0.0654 e. The second-order valence-corrected chi connectivity index (χ2v) is 13.5. The van der Waals surface area contributed by atoms with Crippen LogP contribution in [0.1, 0.15) is 221 Å². The molecule has 3 unspecified atom stereocenters. The van der Waals surface area contributed by atoms with Gasteiger partial charge in [-0.1, -0.05) is 221 Å². The van der Waals surface area contributed by atoms with E-state index in [1.54, 1.807) is 0 Å². The lowest BCUT2D eigenvalue weighted by Gasteiger charge is -2.16. The Hall–Kier alpha value is 0. The third-order valence-electron chi connectivity index (χ3n) is 9.14. The van der Waals surface area contributed by atoms with Crippen LogP contribution in [0.4, 0.5) is 0 Å². The van der Waals surface area contributed by atoms with Crippen LogP contribution in [0.5, 0.6) is 0 Å². The van der Waals surface area contributed by atoms with Crippen molar-refractivity contribution in [2.45, 2.75) is 221 Å². The smallest absolute Gasteiger partial charge is 0.0443 e. The molecule has 0 aromatic carbocycles. The van der Waals surface area contributed by atoms with E-state index in [9.17, 15) is 0 Å². The van der Waals surface area contributed by atoms with E-state index in [4.69, 9.17) is 0 Å². The quantitative estimate of drug-likeness (QED) is 0.0797. The second kappa shape index (κ2) is 30.5. The Morgan fingerprint density at radius 1 is 0.243 bits per heavy atom. The van der Waals surface area contributed by atoms with Crippen molar-refractivity contribution in [2.24, 2.45) is 17.8 Å². The Morgan fingerprint density at radius 3 is 0.676 bits per heavy atom. The molecule has 0 rings (SSSR count). The molecular formula is C37H76. The zero-order valence-corrected chi connectivity index (χ0v) is 27.2. The highest BCUT2D eigenvalue weighted by atomic mass is 14.1. The highest BCUT2D eigenvalue weighted by Gasteiger charge is 2.08. The maximum Gasteiger partial charge on any atom is -0.0443 e. The van der Waals surface area contributed by atoms with Gasteiger partial charge >= 0.3 is 0 Å². The molecule has 0 fully saturated rings. The summed E-state index contributed by atoms with van der Waals surface area (Å²) in [5, 5.41) is 0. The first kappa shape index (κ1) is 37.0. The molecule has 0 N–H and O–H groups in total. The Bertz CT molecular complexity index is 399. The largest absolute Gasteiger partial charge is 0.0654 e. The molecule has 37 heavy (non-hydrogen) atoms. The average molecular weight is 521 g/mol. The van der Waals surface area contributed by atoms with Crippen molar-refractivity contribution in [3.63, 3.8) is 0 Å². The lowest BCUT2D eigenvalue weighted by molar-refractivity contribution is 0.373. The van der Waals surface area contributed by atoms with Gasteiger partial charge in [0.25, 0.3) is 0 Å². The van der Waals surface area contributed by atoms with Crippen LogP contribution < -0.4 is 0 Å². The maximum absolute atomic E-state index is 2.51. The van der Waals surface area contributed by atoms with Gasteiger partial charge in [-0.2, -0.15) is 0 Å². The van der Waals surface area contributed by atoms with Crippen molar-refractivity contribution in [3.8, 4) is 0 Å². The summed E-state index contributed by atoms with van der Waals surface area (Å²) < 4.78 is 0. The Kier molecular flexibility index (Phi) is 30.5. The highest BCUT2D eigenvalue weighted by Crippen LogP contribution is 2.23. The summed E-state index contributed by atoms with van der Waals surface area (Å²) in [6, 6.07) is 0. The summed E-state index contributed by atoms with van der Waals surface area (Å²) in [7, 11) is 0. The van der Waals surface area contributed by atoms with Crippen molar-refractivity contribution < 1.29 is 0 Å². The van der Waals surface area contributed by atoms with Crippen molar-refractivity contribution >= 4 is 0 Å². The van der Waals surface area contributed by atoms with Gasteiger partial charge in [-0.25, -0.2) is 0 Å². The minimum absolute atomic E-state index is 0.944. The van der Waals surface area contributed by atoms with Gasteiger partial charge in [0.05, 0.1) is 0 Å². The lowest BCUT2D eigenvalue weighted by atomic mass is 9.90. The van der Waals surface area contributed by atoms with Crippen molar-refractivity contribution in [1.82, 2.24) is 0 Å². The SMILES string of the molecule is CCCCCCCCCCCCCCCCC(C)CCCC(C)CCCC(C)CCCCCCCCC. The van der Waals surface area contributed by atoms with E-state index >= 15 is 0 Å². The second-order valence-electron chi connectivity index (χ2n) is 13.5. The first-order valence-electron chi connectivity index (χ1n) is 18.1. The lowest BCUT2D eigenvalue weighted by Crippen LogP contribution is -2.01. The number of hydrogen-bond donors (Lipinski definition) is 0. The van der Waals surface area contributed by atoms with Crippen molar-refractivity contribution in [2.75, 3.05) is 0 Å². The van der Waals surface area contributed by atoms with E-state index < -0.39 is 0 Å². The molecule has 0 aliphatic rings. The van der Waals surface area contributed by atoms with Crippen LogP contribution >= 0.6 is 0 Å². The summed E-state index contributed by atoms with van der Waals surface area (Å²) in [4.78, 5) is 0. The van der Waals surface area contributed by atoms with Crippen LogP contribution in [0.3, 0.4) is 0 Å². The molecular weight excluding hydrogens is 444 g/mol. The summed E-state index contributed by atoms with van der Waals surface area (Å²) in [6.45, 7) is 12.1. The van der Waals surface area contributed by atoms with Crippen molar-refractivity contribution in [1.29, 1.82) is 0 Å². The van der Waals surface area contributed by atoms with Gasteiger partial charge in [-0.3, -0.25) is 0 Å². The van der Waals surface area contributed by atoms with E-state index in [1.807, 2.05) is 0 Å². The van der Waals surface area contributed by atoms with E-state index in [0.29, 0.717) is 0 Å². The standard InChI is InChI=1S/C37H76/c1-6-8-10-12-14-15-16-17-18-19-20-22-24-26-30-36(4)32-28-34-37(5)33-27-31-35(3)29-25-23-21-13-11-9-7-2/h35-37H,6-34H2,1-5H3. The molecule has 0 spiro atoms. The van der Waals surface area contributed by atoms with Gasteiger partial charge in [-0.05, 0) is 17.8 Å². The molecule has 0 aliphatic heterocycles. The predicted molar refractivity (Wildman–Crippen MR) is 173 cm³/mol. The van der Waals surface area contributed by atoms with Gasteiger partial charge in [-0.15, -0.1) is 0 Å². The molecule has 0 heteroatoms. The van der Waals surface area contributed by atoms with Gasteiger partial charge in [0.1, 0.15) is 0 Å². The van der Waals surface area contributed by atoms with Gasteiger partial charge in [0, 0.05) is 0 Å². The first-order chi connectivity index (χ1) is 18.1. The van der Waals surface area contributed by atoms with Crippen LogP contribution in [-0.2, 0) is 0 Å². The summed E-state index contributed by atoms with van der Waals surface area (Å²) in [5.41, 5.74) is 0. The van der Waals surface area contributed by atoms with Crippen LogP contribution in [0.2, 0.25) is 0 Å². The number of hydrogen-bond acceptors (Lipinski definition) is 0. The molecule has 0 aromatic heterocycles. The Labute approximate surface area is 238 Å². The molecule has 0 amide bonds. The van der Waals surface area contributed by atoms with Crippen LogP contribution in [0, 0.1) is 17.8 Å². The molecule has 0 saturated carbocycles. The molecule has 0 bridgehead atoms. The zero-order chi connectivity index (χ0) is 27.2. The van der Waals surface area contributed by atoms with Crippen LogP contribution in [-0.4, -0.2) is 0 Å². The first-order valence-corrected chi connectivity index (χ1v) is 18.1. The molecule has 0 heterocycles. The highest BCUT2D eigenvalue weighted by molar-refractivity contribution is 4.61. The van der Waals surface area contributed by atoms with Crippen LogP contribution in [0.25, 0.3) is 0 Å². The van der Waals surface area contributed by atoms with E-state index in [-0.39, 0.29) is 0 Å². The maximum atomic E-state index is 2.51. The van der Waals surface area contributed by atoms with Gasteiger partial charge in [0.15, 0.2) is 0 Å². The van der Waals surface area contributed by atoms with E-state index in [1.165, 1.54) is 186 Å². The molecule has 0 radical (unpaired) electrons. The van der Waals surface area contributed by atoms with Gasteiger partial charge in [0.2, 0.25) is 0 Å². The predicted octanol–water partition coefficient (Wildman–Crippen LogP) is 14.2. The fourth-order valence-electron chi connectivity index (χ4n) is 6.20. The Morgan fingerprint density at radius 2 is 0.432 bits per heavy atom. The topological polar surface area (TPSA) is 0 Å². The molecule has 0 nitrogen and oxygen atoms in total. The third kappa shape index (κ3) is 30.4. The zero-order valence-electron chi connectivity index (χ0n) is 27.2. The fourth-order valence-corrected chi connectivity index (χ4v) is 6.20. The summed E-state index contributed by atoms with van der Waals surface area (Å²) in [5.74, 6) is 2.85. The molecule has 0 aliphatic carbocycles. The summed E-state index contributed by atoms with van der Waals surface area (Å²) >= 11 is 0. The monoisotopic (exact) mass is 521 g/mol. The van der Waals surface area contributed by atoms with Crippen molar-refractivity contribution in [3.05, 3.63) is 0 Å². The average Bonchev–Trinajstić information content (AvgIpc) is 2.88. The summed E-state index contributed by atoms with van der Waals surface area (Å²) in [6.07, 6.45) is 42.5. The van der Waals surface area contributed by atoms with Gasteiger partial charge < -0.3 is 0 Å². The molecule has 224 valence electrons. The van der Waals surface area contributed by atoms with E-state index in [0.717, 1.165) is 17.8 Å². The third-order valence-corrected chi connectivity index (χ3v) is 9.14. The molecule has 3 atom stereocenters. The number of unbranched alkanes of at least 4 members (excludes halogenated alkanes) is 19. The molecule has 0 aromatic rings. The van der Waals surface area contributed by atoms with E-state index in [2.05, 4.69) is 34.6 Å². The van der Waals surface area contributed by atoms with Crippen LogP contribution in [0.15, 0.2) is 0 Å². The fraction of sp³-hybridized carbons (Fsp3) is 1.00. The molecule has 0 saturated heterocycles. The normalized spacial score (nSPS) is 14.2.